The van der Waals surface area contributed by atoms with Gasteiger partial charge in [-0.25, -0.2) is 4.79 Å². The second kappa shape index (κ2) is 5.65. The lowest BCUT2D eigenvalue weighted by atomic mass is 9.99. The Bertz CT molecular complexity index is 774. The van der Waals surface area contributed by atoms with E-state index in [2.05, 4.69) is 28.6 Å². The van der Waals surface area contributed by atoms with E-state index in [-0.39, 0.29) is 6.03 Å². The molecule has 2 aliphatic rings. The summed E-state index contributed by atoms with van der Waals surface area (Å²) in [5, 5.41) is 4.23. The van der Waals surface area contributed by atoms with Crippen molar-refractivity contribution in [1.29, 1.82) is 0 Å². The topological polar surface area (TPSA) is 57.4 Å². The molecule has 2 aromatic rings. The molecule has 1 aromatic carbocycles. The summed E-state index contributed by atoms with van der Waals surface area (Å²) in [4.78, 5) is 17.3. The van der Waals surface area contributed by atoms with Crippen molar-refractivity contribution in [3.05, 3.63) is 36.0 Å². The molecule has 0 radical (unpaired) electrons. The van der Waals surface area contributed by atoms with Gasteiger partial charge in [-0.2, -0.15) is 0 Å². The minimum absolute atomic E-state index is 0.0726. The highest BCUT2D eigenvalue weighted by atomic mass is 16.5. The van der Waals surface area contributed by atoms with Gasteiger partial charge in [0.05, 0.1) is 7.11 Å². The van der Waals surface area contributed by atoms with Crippen molar-refractivity contribution in [3.63, 3.8) is 0 Å². The first kappa shape index (κ1) is 14.2. The number of rotatable bonds is 3. The SMILES string of the molecule is COc1ccc2[nH]cc(C3=CCN(C(=O)NC4CC4)CC3)c2c1. The van der Waals surface area contributed by atoms with E-state index >= 15 is 0 Å². The van der Waals surface area contributed by atoms with E-state index in [0.29, 0.717) is 12.6 Å². The second-order valence-electron chi connectivity index (χ2n) is 6.26. The van der Waals surface area contributed by atoms with Crippen molar-refractivity contribution in [1.82, 2.24) is 15.2 Å². The Morgan fingerprint density at radius 1 is 1.39 bits per heavy atom. The molecule has 5 nitrogen and oxygen atoms in total. The Morgan fingerprint density at radius 2 is 2.26 bits per heavy atom. The molecule has 1 aliphatic carbocycles. The number of methoxy groups -OCH3 is 1. The molecule has 0 bridgehead atoms. The molecule has 4 rings (SSSR count). The average Bonchev–Trinajstić information content (AvgIpc) is 3.30. The number of fused-ring (bicyclic) bond motifs is 1. The van der Waals surface area contributed by atoms with Crippen LogP contribution in [0.15, 0.2) is 30.5 Å². The number of hydrogen-bond donors (Lipinski definition) is 2. The van der Waals surface area contributed by atoms with Crippen molar-refractivity contribution in [2.75, 3.05) is 20.2 Å². The third-order valence-corrected chi connectivity index (χ3v) is 4.64. The van der Waals surface area contributed by atoms with Crippen molar-refractivity contribution < 1.29 is 9.53 Å². The normalized spacial score (nSPS) is 18.0. The van der Waals surface area contributed by atoms with E-state index in [0.717, 1.165) is 37.1 Å². The Kier molecular flexibility index (Phi) is 3.48. The van der Waals surface area contributed by atoms with Gasteiger partial charge >= 0.3 is 6.03 Å². The zero-order chi connectivity index (χ0) is 15.8. The molecular weight excluding hydrogens is 290 g/mol. The van der Waals surface area contributed by atoms with Crippen molar-refractivity contribution in [2.24, 2.45) is 0 Å². The predicted octanol–water partition coefficient (Wildman–Crippen LogP) is 3.14. The summed E-state index contributed by atoms with van der Waals surface area (Å²) in [6.45, 7) is 1.44. The van der Waals surface area contributed by atoms with Crippen LogP contribution in [0, 0.1) is 0 Å². The fourth-order valence-corrected chi connectivity index (χ4v) is 3.08. The molecule has 2 heterocycles. The summed E-state index contributed by atoms with van der Waals surface area (Å²) >= 11 is 0. The summed E-state index contributed by atoms with van der Waals surface area (Å²) in [5.74, 6) is 0.861. The fourth-order valence-electron chi connectivity index (χ4n) is 3.08. The highest BCUT2D eigenvalue weighted by Gasteiger charge is 2.26. The molecule has 0 spiro atoms. The number of urea groups is 1. The average molecular weight is 311 g/mol. The lowest BCUT2D eigenvalue weighted by molar-refractivity contribution is 0.202. The van der Waals surface area contributed by atoms with Crippen LogP contribution in [-0.4, -0.2) is 42.2 Å². The molecule has 0 unspecified atom stereocenters. The Labute approximate surface area is 135 Å². The summed E-state index contributed by atoms with van der Waals surface area (Å²) < 4.78 is 5.33. The highest BCUT2D eigenvalue weighted by molar-refractivity contribution is 5.94. The number of nitrogens with one attached hydrogen (secondary N) is 2. The zero-order valence-electron chi connectivity index (χ0n) is 13.3. The third kappa shape index (κ3) is 2.79. The number of aromatic amines is 1. The Morgan fingerprint density at radius 3 is 2.96 bits per heavy atom. The molecule has 0 saturated heterocycles. The van der Waals surface area contributed by atoms with Gasteiger partial charge in [-0.1, -0.05) is 6.08 Å². The number of nitrogens with zero attached hydrogens (tertiary/aromatic N) is 1. The monoisotopic (exact) mass is 311 g/mol. The van der Waals surface area contributed by atoms with Crippen LogP contribution < -0.4 is 10.1 Å². The lowest BCUT2D eigenvalue weighted by Gasteiger charge is -2.26. The number of aromatic nitrogens is 1. The minimum Gasteiger partial charge on any atom is -0.497 e. The standard InChI is InChI=1S/C18H21N3O2/c1-23-14-4-5-17-15(10-14)16(11-19-17)12-6-8-21(9-7-12)18(22)20-13-2-3-13/h4-6,10-11,13,19H,2-3,7-9H2,1H3,(H,20,22). The molecule has 1 aromatic heterocycles. The maximum atomic E-state index is 12.1. The van der Waals surface area contributed by atoms with Gasteiger partial charge in [0.2, 0.25) is 0 Å². The highest BCUT2D eigenvalue weighted by Crippen LogP contribution is 2.31. The van der Waals surface area contributed by atoms with Crippen LogP contribution in [0.5, 0.6) is 5.75 Å². The Balaban J connectivity index is 1.54. The van der Waals surface area contributed by atoms with Crippen molar-refractivity contribution in [2.45, 2.75) is 25.3 Å². The van der Waals surface area contributed by atoms with Crippen LogP contribution in [0.25, 0.3) is 16.5 Å². The van der Waals surface area contributed by atoms with E-state index < -0.39 is 0 Å². The van der Waals surface area contributed by atoms with Gasteiger partial charge in [0.25, 0.3) is 0 Å². The lowest BCUT2D eigenvalue weighted by Crippen LogP contribution is -2.42. The number of carbonyl (C=O) groups is 1. The van der Waals surface area contributed by atoms with E-state index in [1.165, 1.54) is 16.5 Å². The smallest absolute Gasteiger partial charge is 0.317 e. The minimum atomic E-state index is 0.0726. The molecule has 120 valence electrons. The van der Waals surface area contributed by atoms with Gasteiger partial charge in [0, 0.05) is 41.8 Å². The van der Waals surface area contributed by atoms with Gasteiger partial charge in [-0.15, -0.1) is 0 Å². The largest absolute Gasteiger partial charge is 0.497 e. The summed E-state index contributed by atoms with van der Waals surface area (Å²) in [6.07, 6.45) is 7.34. The summed E-state index contributed by atoms with van der Waals surface area (Å²) in [7, 11) is 1.68. The van der Waals surface area contributed by atoms with Gasteiger partial charge in [-0.05, 0) is 43.0 Å². The molecule has 2 amide bonds. The number of amides is 2. The molecule has 5 heteroatoms. The first-order valence-electron chi connectivity index (χ1n) is 8.14. The maximum absolute atomic E-state index is 12.1. The first-order valence-corrected chi connectivity index (χ1v) is 8.14. The molecule has 1 saturated carbocycles. The number of H-pyrrole nitrogens is 1. The van der Waals surface area contributed by atoms with Gasteiger partial charge < -0.3 is 19.9 Å². The molecule has 23 heavy (non-hydrogen) atoms. The van der Waals surface area contributed by atoms with Crippen molar-refractivity contribution >= 4 is 22.5 Å². The zero-order valence-corrected chi connectivity index (χ0v) is 13.3. The van der Waals surface area contributed by atoms with Gasteiger partial charge in [0.1, 0.15) is 5.75 Å². The molecule has 2 N–H and O–H groups in total. The first-order chi connectivity index (χ1) is 11.2. The molecule has 1 aliphatic heterocycles. The van der Waals surface area contributed by atoms with E-state index in [1.807, 2.05) is 17.0 Å². The summed E-state index contributed by atoms with van der Waals surface area (Å²) in [5.41, 5.74) is 3.61. The van der Waals surface area contributed by atoms with E-state index in [4.69, 9.17) is 4.74 Å². The molecule has 1 fully saturated rings. The van der Waals surface area contributed by atoms with Crippen LogP contribution in [0.1, 0.15) is 24.8 Å². The van der Waals surface area contributed by atoms with Crippen LogP contribution in [0.4, 0.5) is 4.79 Å². The number of ether oxygens (including phenoxy) is 1. The van der Waals surface area contributed by atoms with Crippen LogP contribution in [0.2, 0.25) is 0 Å². The molecule has 0 atom stereocenters. The fraction of sp³-hybridized carbons (Fsp3) is 0.389. The molecular formula is C18H21N3O2. The quantitative estimate of drug-likeness (QED) is 0.915. The predicted molar refractivity (Wildman–Crippen MR) is 90.6 cm³/mol. The van der Waals surface area contributed by atoms with Crippen LogP contribution in [-0.2, 0) is 0 Å². The third-order valence-electron chi connectivity index (χ3n) is 4.64. The van der Waals surface area contributed by atoms with E-state index in [9.17, 15) is 4.79 Å². The second-order valence-corrected chi connectivity index (χ2v) is 6.26. The number of carbonyl (C=O) groups excluding carboxylic acids is 1. The maximum Gasteiger partial charge on any atom is 0.317 e. The van der Waals surface area contributed by atoms with Gasteiger partial charge in [0.15, 0.2) is 0 Å². The summed E-state index contributed by atoms with van der Waals surface area (Å²) in [6, 6.07) is 6.55. The number of benzene rings is 1. The van der Waals surface area contributed by atoms with Crippen LogP contribution in [0.3, 0.4) is 0 Å². The van der Waals surface area contributed by atoms with Crippen LogP contribution >= 0.6 is 0 Å². The van der Waals surface area contributed by atoms with Crippen molar-refractivity contribution in [3.8, 4) is 5.75 Å². The van der Waals surface area contributed by atoms with E-state index in [1.54, 1.807) is 7.11 Å². The van der Waals surface area contributed by atoms with Gasteiger partial charge in [-0.3, -0.25) is 0 Å². The number of hydrogen-bond acceptors (Lipinski definition) is 2. The Hall–Kier alpha value is -2.43.